The lowest BCUT2D eigenvalue weighted by Gasteiger charge is -2.18. The van der Waals surface area contributed by atoms with Gasteiger partial charge in [-0.05, 0) is 31.0 Å². The number of ether oxygens (including phenoxy) is 3. The molecule has 1 atom stereocenters. The number of carbonyl (C=O) groups excluding carboxylic acids is 1. The lowest BCUT2D eigenvalue weighted by atomic mass is 10.1. The van der Waals surface area contributed by atoms with Crippen LogP contribution in [-0.4, -0.2) is 64.5 Å². The molecule has 1 saturated heterocycles. The number of halogens is 3. The molecule has 1 N–H and O–H groups in total. The summed E-state index contributed by atoms with van der Waals surface area (Å²) >= 11 is 0. The second kappa shape index (κ2) is 8.48. The number of likely N-dealkylation sites (tertiary alicyclic amines) is 1. The largest absolute Gasteiger partial charge is 0.493 e. The topological polar surface area (TPSA) is 60.0 Å². The van der Waals surface area contributed by atoms with Gasteiger partial charge >= 0.3 is 6.18 Å². The lowest BCUT2D eigenvalue weighted by molar-refractivity contribution is -0.143. The predicted molar refractivity (Wildman–Crippen MR) is 89.0 cm³/mol. The van der Waals surface area contributed by atoms with E-state index in [1.165, 1.54) is 26.2 Å². The molecular formula is C17H23F3N2O4. The van der Waals surface area contributed by atoms with Crippen molar-refractivity contribution in [2.45, 2.75) is 12.6 Å². The lowest BCUT2D eigenvalue weighted by Crippen LogP contribution is -2.34. The highest BCUT2D eigenvalue weighted by molar-refractivity contribution is 5.98. The number of hydrogen-bond acceptors (Lipinski definition) is 5. The fourth-order valence-corrected chi connectivity index (χ4v) is 3.09. The quantitative estimate of drug-likeness (QED) is 0.792. The number of alkyl halides is 3. The van der Waals surface area contributed by atoms with E-state index in [1.54, 1.807) is 12.1 Å². The van der Waals surface area contributed by atoms with Crippen LogP contribution < -0.4 is 19.5 Å². The van der Waals surface area contributed by atoms with Gasteiger partial charge in [-0.3, -0.25) is 9.69 Å². The SMILES string of the molecule is COc1ccc(C(=O)NCC2CCN(CC(F)(F)F)C2)c(OC)c1OC. The van der Waals surface area contributed by atoms with E-state index in [9.17, 15) is 18.0 Å². The Hall–Kier alpha value is -2.16. The molecule has 146 valence electrons. The number of nitrogens with one attached hydrogen (secondary N) is 1. The molecule has 1 aliphatic rings. The van der Waals surface area contributed by atoms with Gasteiger partial charge in [-0.15, -0.1) is 0 Å². The fraction of sp³-hybridized carbons (Fsp3) is 0.588. The molecule has 0 spiro atoms. The fourth-order valence-electron chi connectivity index (χ4n) is 3.09. The van der Waals surface area contributed by atoms with Gasteiger partial charge in [0.05, 0.1) is 33.4 Å². The van der Waals surface area contributed by atoms with Crippen LogP contribution in [0.5, 0.6) is 17.2 Å². The molecule has 0 saturated carbocycles. The Kier molecular flexibility index (Phi) is 6.57. The third-order valence-corrected chi connectivity index (χ3v) is 4.27. The summed E-state index contributed by atoms with van der Waals surface area (Å²) in [6, 6.07) is 3.15. The summed E-state index contributed by atoms with van der Waals surface area (Å²) in [4.78, 5) is 13.8. The number of benzene rings is 1. The monoisotopic (exact) mass is 376 g/mol. The van der Waals surface area contributed by atoms with Gasteiger partial charge in [0.15, 0.2) is 11.5 Å². The van der Waals surface area contributed by atoms with Gasteiger partial charge in [0.1, 0.15) is 0 Å². The van der Waals surface area contributed by atoms with Crippen molar-refractivity contribution in [3.63, 3.8) is 0 Å². The second-order valence-corrected chi connectivity index (χ2v) is 6.10. The van der Waals surface area contributed by atoms with Crippen LogP contribution in [0.25, 0.3) is 0 Å². The van der Waals surface area contributed by atoms with Crippen molar-refractivity contribution >= 4 is 5.91 Å². The zero-order valence-corrected chi connectivity index (χ0v) is 15.0. The maximum atomic E-state index is 12.5. The Bertz CT molecular complexity index is 637. The number of hydrogen-bond donors (Lipinski definition) is 1. The Morgan fingerprint density at radius 3 is 2.46 bits per heavy atom. The van der Waals surface area contributed by atoms with E-state index in [2.05, 4.69) is 5.32 Å². The molecule has 0 bridgehead atoms. The van der Waals surface area contributed by atoms with Crippen LogP contribution >= 0.6 is 0 Å². The van der Waals surface area contributed by atoms with Gasteiger partial charge in [0.2, 0.25) is 5.75 Å². The molecule has 1 fully saturated rings. The first-order valence-corrected chi connectivity index (χ1v) is 8.15. The molecule has 1 aromatic rings. The van der Waals surface area contributed by atoms with Gasteiger partial charge in [0.25, 0.3) is 5.91 Å². The van der Waals surface area contributed by atoms with Crippen molar-refractivity contribution in [3.8, 4) is 17.2 Å². The van der Waals surface area contributed by atoms with E-state index in [0.29, 0.717) is 37.6 Å². The Morgan fingerprint density at radius 2 is 1.88 bits per heavy atom. The summed E-state index contributed by atoms with van der Waals surface area (Å²) in [6.45, 7) is 0.0637. The summed E-state index contributed by atoms with van der Waals surface area (Å²) < 4.78 is 53.0. The molecule has 26 heavy (non-hydrogen) atoms. The summed E-state index contributed by atoms with van der Waals surface area (Å²) in [5, 5.41) is 2.76. The highest BCUT2D eigenvalue weighted by Crippen LogP contribution is 2.39. The Morgan fingerprint density at radius 1 is 1.19 bits per heavy atom. The maximum absolute atomic E-state index is 12.5. The molecule has 0 radical (unpaired) electrons. The first-order chi connectivity index (χ1) is 12.3. The van der Waals surface area contributed by atoms with Gasteiger partial charge < -0.3 is 19.5 Å². The van der Waals surface area contributed by atoms with Gasteiger partial charge in [-0.2, -0.15) is 13.2 Å². The number of methoxy groups -OCH3 is 3. The molecule has 9 heteroatoms. The van der Waals surface area contributed by atoms with Crippen LogP contribution in [0.3, 0.4) is 0 Å². The maximum Gasteiger partial charge on any atom is 0.401 e. The standard InChI is InChI=1S/C17H23F3N2O4/c1-24-13-5-4-12(14(25-2)15(13)26-3)16(23)21-8-11-6-7-22(9-11)10-17(18,19)20/h4-5,11H,6-10H2,1-3H3,(H,21,23). The highest BCUT2D eigenvalue weighted by atomic mass is 19.4. The van der Waals surface area contributed by atoms with Crippen molar-refractivity contribution in [1.29, 1.82) is 0 Å². The van der Waals surface area contributed by atoms with Crippen LogP contribution in [0.4, 0.5) is 13.2 Å². The number of amides is 1. The average molecular weight is 376 g/mol. The van der Waals surface area contributed by atoms with Crippen LogP contribution in [-0.2, 0) is 0 Å². The molecule has 1 aliphatic heterocycles. The van der Waals surface area contributed by atoms with Crippen molar-refractivity contribution in [1.82, 2.24) is 10.2 Å². The van der Waals surface area contributed by atoms with Crippen LogP contribution in [0, 0.1) is 5.92 Å². The van der Waals surface area contributed by atoms with E-state index in [0.717, 1.165) is 0 Å². The molecule has 1 unspecified atom stereocenters. The zero-order chi connectivity index (χ0) is 19.3. The molecule has 6 nitrogen and oxygen atoms in total. The summed E-state index contributed by atoms with van der Waals surface area (Å²) in [6.07, 6.45) is -3.59. The van der Waals surface area contributed by atoms with Gasteiger partial charge in [-0.25, -0.2) is 0 Å². The average Bonchev–Trinajstić information content (AvgIpc) is 3.03. The van der Waals surface area contributed by atoms with Crippen LogP contribution in [0.15, 0.2) is 12.1 Å². The first kappa shape index (κ1) is 20.2. The minimum Gasteiger partial charge on any atom is -0.493 e. The highest BCUT2D eigenvalue weighted by Gasteiger charge is 2.34. The minimum absolute atomic E-state index is 0.0209. The molecule has 2 rings (SSSR count). The molecule has 1 amide bonds. The van der Waals surface area contributed by atoms with Crippen molar-refractivity contribution in [2.75, 3.05) is 47.5 Å². The molecular weight excluding hydrogens is 353 g/mol. The molecule has 1 aromatic carbocycles. The Labute approximate surface area is 150 Å². The predicted octanol–water partition coefficient (Wildman–Crippen LogP) is 2.33. The van der Waals surface area contributed by atoms with Crippen molar-refractivity contribution < 1.29 is 32.2 Å². The van der Waals surface area contributed by atoms with E-state index in [4.69, 9.17) is 14.2 Å². The molecule has 0 aromatic heterocycles. The number of rotatable bonds is 7. The van der Waals surface area contributed by atoms with E-state index < -0.39 is 12.7 Å². The summed E-state index contributed by atoms with van der Waals surface area (Å²) in [5.41, 5.74) is 0.273. The van der Waals surface area contributed by atoms with Crippen LogP contribution in [0.2, 0.25) is 0 Å². The van der Waals surface area contributed by atoms with Gasteiger partial charge in [0, 0.05) is 13.1 Å². The molecule has 0 aliphatic carbocycles. The number of carbonyl (C=O) groups is 1. The smallest absolute Gasteiger partial charge is 0.401 e. The molecule has 1 heterocycles. The third-order valence-electron chi connectivity index (χ3n) is 4.27. The van der Waals surface area contributed by atoms with E-state index in [-0.39, 0.29) is 23.1 Å². The Balaban J connectivity index is 1.99. The van der Waals surface area contributed by atoms with E-state index in [1.807, 2.05) is 0 Å². The summed E-state index contributed by atoms with van der Waals surface area (Å²) in [5.74, 6) is 0.582. The van der Waals surface area contributed by atoms with Crippen molar-refractivity contribution in [3.05, 3.63) is 17.7 Å². The zero-order valence-electron chi connectivity index (χ0n) is 15.0. The third kappa shape index (κ3) is 4.94. The van der Waals surface area contributed by atoms with Crippen molar-refractivity contribution in [2.24, 2.45) is 5.92 Å². The number of nitrogens with zero attached hydrogens (tertiary/aromatic N) is 1. The minimum atomic E-state index is -4.20. The second-order valence-electron chi connectivity index (χ2n) is 6.10. The summed E-state index contributed by atoms with van der Waals surface area (Å²) in [7, 11) is 4.33. The van der Waals surface area contributed by atoms with Crippen LogP contribution in [0.1, 0.15) is 16.8 Å². The van der Waals surface area contributed by atoms with E-state index >= 15 is 0 Å². The van der Waals surface area contributed by atoms with Gasteiger partial charge in [-0.1, -0.05) is 0 Å². The normalized spacial score (nSPS) is 17.8. The first-order valence-electron chi connectivity index (χ1n) is 8.15.